The van der Waals surface area contributed by atoms with E-state index < -0.39 is 27.4 Å². The van der Waals surface area contributed by atoms with Gasteiger partial charge in [-0.2, -0.15) is 4.31 Å². The monoisotopic (exact) mass is 485 g/mol. The van der Waals surface area contributed by atoms with Crippen molar-refractivity contribution in [3.63, 3.8) is 0 Å². The largest absolute Gasteiger partial charge is 0.387 e. The van der Waals surface area contributed by atoms with Gasteiger partial charge < -0.3 is 10.1 Å². The number of hydrogen-bond donors (Lipinski definition) is 3. The van der Waals surface area contributed by atoms with Crippen LogP contribution in [0.5, 0.6) is 0 Å². The van der Waals surface area contributed by atoms with Gasteiger partial charge in [0.05, 0.1) is 21.9 Å². The van der Waals surface area contributed by atoms with Crippen molar-refractivity contribution >= 4 is 32.5 Å². The number of fused-ring (bicyclic) bond motifs is 1. The number of H-pyrrole nitrogens is 2. The summed E-state index contributed by atoms with van der Waals surface area (Å²) in [5.41, 5.74) is 0.0414. The molecule has 4 rings (SSSR count). The fourth-order valence-electron chi connectivity index (χ4n) is 3.50. The number of benzene rings is 3. The SMILES string of the molecule is O=c1[nH]c(=O)c2cc(S(=O)(=O)N(Cc3ccccc3)CC(O)c3cccc(Cl)c3)ccc2[nH]1. The number of aromatic nitrogens is 2. The van der Waals surface area contributed by atoms with E-state index in [2.05, 4.69) is 9.97 Å². The van der Waals surface area contributed by atoms with Crippen LogP contribution < -0.4 is 11.2 Å². The van der Waals surface area contributed by atoms with Crippen molar-refractivity contribution in [1.82, 2.24) is 14.3 Å². The summed E-state index contributed by atoms with van der Waals surface area (Å²) in [6.07, 6.45) is -1.14. The molecular formula is C23H20ClN3O5S. The molecule has 3 N–H and O–H groups in total. The number of sulfonamides is 1. The summed E-state index contributed by atoms with van der Waals surface area (Å²) < 4.78 is 28.3. The number of aromatic amines is 2. The van der Waals surface area contributed by atoms with Gasteiger partial charge in [-0.25, -0.2) is 13.2 Å². The molecule has 0 fully saturated rings. The first kappa shape index (κ1) is 22.9. The number of aliphatic hydroxyl groups is 1. The Kier molecular flexibility index (Phi) is 6.48. The Hall–Kier alpha value is -3.24. The lowest BCUT2D eigenvalue weighted by molar-refractivity contribution is 0.145. The van der Waals surface area contributed by atoms with E-state index in [1.807, 2.05) is 6.07 Å². The second-order valence-electron chi connectivity index (χ2n) is 7.47. The third kappa shape index (κ3) is 5.07. The first-order chi connectivity index (χ1) is 15.7. The van der Waals surface area contributed by atoms with Crippen LogP contribution in [0.4, 0.5) is 0 Å². The summed E-state index contributed by atoms with van der Waals surface area (Å²) in [5, 5.41) is 11.2. The van der Waals surface area contributed by atoms with Crippen molar-refractivity contribution in [2.45, 2.75) is 17.5 Å². The van der Waals surface area contributed by atoms with Crippen LogP contribution >= 0.6 is 11.6 Å². The molecule has 0 spiro atoms. The highest BCUT2D eigenvalue weighted by Gasteiger charge is 2.28. The Morgan fingerprint density at radius 1 is 0.939 bits per heavy atom. The second-order valence-corrected chi connectivity index (χ2v) is 9.84. The van der Waals surface area contributed by atoms with E-state index in [0.717, 1.165) is 9.87 Å². The molecule has 0 aliphatic carbocycles. The van der Waals surface area contributed by atoms with Gasteiger partial charge in [-0.15, -0.1) is 0 Å². The average molecular weight is 486 g/mol. The van der Waals surface area contributed by atoms with Crippen LogP contribution in [0.3, 0.4) is 0 Å². The first-order valence-corrected chi connectivity index (χ1v) is 11.8. The third-order valence-corrected chi connectivity index (χ3v) is 7.20. The van der Waals surface area contributed by atoms with Gasteiger partial charge in [0.1, 0.15) is 0 Å². The average Bonchev–Trinajstić information content (AvgIpc) is 2.79. The van der Waals surface area contributed by atoms with Crippen molar-refractivity contribution < 1.29 is 13.5 Å². The normalized spacial score (nSPS) is 12.8. The lowest BCUT2D eigenvalue weighted by atomic mass is 10.1. The van der Waals surface area contributed by atoms with Gasteiger partial charge in [-0.3, -0.25) is 9.78 Å². The van der Waals surface area contributed by atoms with Gasteiger partial charge in [0, 0.05) is 18.1 Å². The Labute approximate surface area is 194 Å². The number of aliphatic hydroxyl groups excluding tert-OH is 1. The maximum Gasteiger partial charge on any atom is 0.326 e. The van der Waals surface area contributed by atoms with Crippen LogP contribution in [0.25, 0.3) is 10.9 Å². The summed E-state index contributed by atoms with van der Waals surface area (Å²) in [4.78, 5) is 28.1. The molecule has 1 unspecified atom stereocenters. The molecule has 0 bridgehead atoms. The van der Waals surface area contributed by atoms with E-state index in [-0.39, 0.29) is 28.9 Å². The minimum Gasteiger partial charge on any atom is -0.387 e. The highest BCUT2D eigenvalue weighted by atomic mass is 35.5. The standard InChI is InChI=1S/C23H20ClN3O5S/c24-17-8-4-7-16(11-17)21(28)14-27(13-15-5-2-1-3-6-15)33(31,32)18-9-10-20-19(12-18)22(29)26-23(30)25-20/h1-12,21,28H,13-14H2,(H2,25,26,29,30). The van der Waals surface area contributed by atoms with Crippen LogP contribution in [-0.4, -0.2) is 34.3 Å². The minimum atomic E-state index is -4.14. The van der Waals surface area contributed by atoms with Crippen molar-refractivity contribution in [3.8, 4) is 0 Å². The molecule has 8 nitrogen and oxygen atoms in total. The molecular weight excluding hydrogens is 466 g/mol. The minimum absolute atomic E-state index is 0.000810. The van der Waals surface area contributed by atoms with Gasteiger partial charge >= 0.3 is 5.69 Å². The highest BCUT2D eigenvalue weighted by Crippen LogP contribution is 2.25. The molecule has 170 valence electrons. The molecule has 33 heavy (non-hydrogen) atoms. The number of rotatable bonds is 7. The molecule has 3 aromatic carbocycles. The zero-order chi connectivity index (χ0) is 23.6. The van der Waals surface area contributed by atoms with Gasteiger partial charge in [0.15, 0.2) is 0 Å². The van der Waals surface area contributed by atoms with Crippen LogP contribution in [0.1, 0.15) is 17.2 Å². The molecule has 0 aliphatic rings. The fourth-order valence-corrected chi connectivity index (χ4v) is 5.16. The number of hydrogen-bond acceptors (Lipinski definition) is 5. The summed E-state index contributed by atoms with van der Waals surface area (Å²) in [6.45, 7) is -0.238. The lowest BCUT2D eigenvalue weighted by Gasteiger charge is -2.25. The molecule has 0 aliphatic heterocycles. The molecule has 0 amide bonds. The van der Waals surface area contributed by atoms with Crippen molar-refractivity contribution in [3.05, 3.63) is 110 Å². The van der Waals surface area contributed by atoms with Gasteiger partial charge in [0.2, 0.25) is 10.0 Å². The fraction of sp³-hybridized carbons (Fsp3) is 0.130. The lowest BCUT2D eigenvalue weighted by Crippen LogP contribution is -2.34. The Balaban J connectivity index is 1.75. The van der Waals surface area contributed by atoms with E-state index in [1.165, 1.54) is 18.2 Å². The maximum atomic E-state index is 13.6. The molecule has 10 heteroatoms. The number of nitrogens with zero attached hydrogens (tertiary/aromatic N) is 1. The number of halogens is 1. The molecule has 0 radical (unpaired) electrons. The Bertz CT molecular complexity index is 1520. The number of nitrogens with one attached hydrogen (secondary N) is 2. The molecule has 1 aromatic heterocycles. The zero-order valence-electron chi connectivity index (χ0n) is 17.2. The topological polar surface area (TPSA) is 123 Å². The first-order valence-electron chi connectivity index (χ1n) is 9.98. The summed E-state index contributed by atoms with van der Waals surface area (Å²) >= 11 is 6.02. The van der Waals surface area contributed by atoms with E-state index in [1.54, 1.807) is 48.5 Å². The predicted octanol–water partition coefficient (Wildman–Crippen LogP) is 2.79. The molecule has 4 aromatic rings. The molecule has 1 atom stereocenters. The second kappa shape index (κ2) is 9.32. The molecule has 0 saturated carbocycles. The van der Waals surface area contributed by atoms with Crippen molar-refractivity contribution in [2.24, 2.45) is 0 Å². The quantitative estimate of drug-likeness (QED) is 0.371. The van der Waals surface area contributed by atoms with Crippen LogP contribution in [0.2, 0.25) is 5.02 Å². The third-order valence-electron chi connectivity index (χ3n) is 5.16. The van der Waals surface area contributed by atoms with Crippen molar-refractivity contribution in [2.75, 3.05) is 6.54 Å². The smallest absolute Gasteiger partial charge is 0.326 e. The summed E-state index contributed by atoms with van der Waals surface area (Å²) in [7, 11) is -4.14. The van der Waals surface area contributed by atoms with E-state index >= 15 is 0 Å². The Morgan fingerprint density at radius 2 is 1.70 bits per heavy atom. The van der Waals surface area contributed by atoms with Gasteiger partial charge in [0.25, 0.3) is 5.56 Å². The summed E-state index contributed by atoms with van der Waals surface area (Å²) in [6, 6.07) is 19.4. The molecule has 0 saturated heterocycles. The van der Waals surface area contributed by atoms with E-state index in [0.29, 0.717) is 10.6 Å². The van der Waals surface area contributed by atoms with Gasteiger partial charge in [-0.05, 0) is 41.5 Å². The highest BCUT2D eigenvalue weighted by molar-refractivity contribution is 7.89. The van der Waals surface area contributed by atoms with Gasteiger partial charge in [-0.1, -0.05) is 54.1 Å². The van der Waals surface area contributed by atoms with Crippen LogP contribution in [0.15, 0.2) is 87.3 Å². The predicted molar refractivity (Wildman–Crippen MR) is 126 cm³/mol. The van der Waals surface area contributed by atoms with E-state index in [4.69, 9.17) is 11.6 Å². The maximum absolute atomic E-state index is 13.6. The Morgan fingerprint density at radius 3 is 2.42 bits per heavy atom. The van der Waals surface area contributed by atoms with E-state index in [9.17, 15) is 23.1 Å². The van der Waals surface area contributed by atoms with Crippen molar-refractivity contribution in [1.29, 1.82) is 0 Å². The zero-order valence-corrected chi connectivity index (χ0v) is 18.8. The molecule has 1 heterocycles. The summed E-state index contributed by atoms with van der Waals surface area (Å²) in [5.74, 6) is 0. The van der Waals surface area contributed by atoms with Crippen LogP contribution in [-0.2, 0) is 16.6 Å². The van der Waals surface area contributed by atoms with Crippen LogP contribution in [0, 0.1) is 0 Å².